The lowest BCUT2D eigenvalue weighted by Crippen LogP contribution is -2.42. The third-order valence-corrected chi connectivity index (χ3v) is 5.85. The molecule has 0 aliphatic heterocycles. The van der Waals surface area contributed by atoms with Gasteiger partial charge in [0.15, 0.2) is 0 Å². The minimum atomic E-state index is -0.749. The number of nitrogens with two attached hydrogens (primary N) is 1. The molecule has 8 nitrogen and oxygen atoms in total. The zero-order valence-corrected chi connectivity index (χ0v) is 20.1. The Hall–Kier alpha value is -3.56. The van der Waals surface area contributed by atoms with Crippen LogP contribution in [-0.4, -0.2) is 38.7 Å². The SMILES string of the molecule is CC(C)(C)OC(=O)N[C@H]1CC[C@H](Nc2ncc3nc(-c4ccc(N)c(F)c4)cc(CF)c3n2)CC1. The number of benzene rings is 1. The molecule has 2 heterocycles. The molecule has 186 valence electrons. The minimum Gasteiger partial charge on any atom is -0.444 e. The van der Waals surface area contributed by atoms with Crippen molar-refractivity contribution in [3.05, 3.63) is 41.8 Å². The molecule has 4 rings (SSSR count). The van der Waals surface area contributed by atoms with Gasteiger partial charge in [0.25, 0.3) is 0 Å². The maximum absolute atomic E-state index is 13.9. The summed E-state index contributed by atoms with van der Waals surface area (Å²) in [5.41, 5.74) is 7.14. The molecule has 0 bridgehead atoms. The van der Waals surface area contributed by atoms with E-state index in [1.54, 1.807) is 12.1 Å². The van der Waals surface area contributed by atoms with Crippen LogP contribution in [0.1, 0.15) is 52.0 Å². The summed E-state index contributed by atoms with van der Waals surface area (Å²) in [7, 11) is 0. The van der Waals surface area contributed by atoms with E-state index in [9.17, 15) is 13.6 Å². The predicted octanol–water partition coefficient (Wildman–Crippen LogP) is 5.13. The second kappa shape index (κ2) is 9.97. The van der Waals surface area contributed by atoms with Crippen molar-refractivity contribution >= 4 is 28.8 Å². The van der Waals surface area contributed by atoms with E-state index in [2.05, 4.69) is 25.6 Å². The van der Waals surface area contributed by atoms with Crippen molar-refractivity contribution in [2.45, 2.75) is 70.8 Å². The number of ether oxygens (including phenoxy) is 1. The first-order valence-corrected chi connectivity index (χ1v) is 11.7. The molecule has 4 N–H and O–H groups in total. The Labute approximate surface area is 202 Å². The quantitative estimate of drug-likeness (QED) is 0.430. The largest absolute Gasteiger partial charge is 0.444 e. The Bertz CT molecular complexity index is 1220. The summed E-state index contributed by atoms with van der Waals surface area (Å²) in [6.07, 6.45) is 4.36. The van der Waals surface area contributed by atoms with Crippen molar-refractivity contribution in [3.8, 4) is 11.3 Å². The number of nitrogen functional groups attached to an aromatic ring is 1. The van der Waals surface area contributed by atoms with Gasteiger partial charge in [-0.1, -0.05) is 6.07 Å². The number of alkyl carbamates (subject to hydrolysis) is 1. The first-order valence-electron chi connectivity index (χ1n) is 11.7. The van der Waals surface area contributed by atoms with Crippen LogP contribution < -0.4 is 16.4 Å². The van der Waals surface area contributed by atoms with E-state index in [0.717, 1.165) is 25.7 Å². The average molecular weight is 485 g/mol. The first-order chi connectivity index (χ1) is 16.6. The number of rotatable bonds is 5. The maximum atomic E-state index is 13.9. The number of hydrogen-bond acceptors (Lipinski definition) is 7. The number of fused-ring (bicyclic) bond motifs is 1. The zero-order valence-electron chi connectivity index (χ0n) is 20.1. The summed E-state index contributed by atoms with van der Waals surface area (Å²) in [5.74, 6) is -0.165. The topological polar surface area (TPSA) is 115 Å². The molecule has 1 aliphatic carbocycles. The number of anilines is 2. The number of carbonyl (C=O) groups excluding carboxylic acids is 1. The van der Waals surface area contributed by atoms with Gasteiger partial charge in [0.05, 0.1) is 17.6 Å². The van der Waals surface area contributed by atoms with E-state index in [4.69, 9.17) is 10.5 Å². The van der Waals surface area contributed by atoms with E-state index >= 15 is 0 Å². The van der Waals surface area contributed by atoms with Crippen molar-refractivity contribution in [1.29, 1.82) is 0 Å². The molecule has 1 aromatic carbocycles. The summed E-state index contributed by atoms with van der Waals surface area (Å²) in [5, 5.41) is 6.24. The van der Waals surface area contributed by atoms with Crippen molar-refractivity contribution in [2.75, 3.05) is 11.1 Å². The number of aromatic nitrogens is 3. The third kappa shape index (κ3) is 6.12. The van der Waals surface area contributed by atoms with Crippen LogP contribution in [0.5, 0.6) is 0 Å². The standard InChI is InChI=1S/C25H30F2N6O2/c1-25(2,3)35-24(34)31-17-7-5-16(6-8-17)30-23-29-13-21-22(33-23)15(12-26)11-20(32-21)14-4-9-19(28)18(27)10-14/h4,9-11,13,16-17H,5-8,12,28H2,1-3H3,(H,31,34)(H,29,30,33)/t16-,17-. The van der Waals surface area contributed by atoms with Gasteiger partial charge in [-0.15, -0.1) is 0 Å². The van der Waals surface area contributed by atoms with Gasteiger partial charge in [0.2, 0.25) is 5.95 Å². The first kappa shape index (κ1) is 24.6. The fourth-order valence-corrected chi connectivity index (χ4v) is 4.13. The summed E-state index contributed by atoms with van der Waals surface area (Å²) >= 11 is 0. The number of pyridine rings is 1. The molecule has 0 atom stereocenters. The lowest BCUT2D eigenvalue weighted by atomic mass is 9.91. The Balaban J connectivity index is 1.44. The number of nitrogens with zero attached hydrogens (tertiary/aromatic N) is 3. The van der Waals surface area contributed by atoms with Crippen LogP contribution in [0.4, 0.5) is 25.2 Å². The van der Waals surface area contributed by atoms with E-state index in [0.29, 0.717) is 33.8 Å². The number of nitrogens with one attached hydrogen (secondary N) is 2. The molecule has 0 unspecified atom stereocenters. The van der Waals surface area contributed by atoms with Crippen LogP contribution in [0.25, 0.3) is 22.3 Å². The van der Waals surface area contributed by atoms with Gasteiger partial charge >= 0.3 is 6.09 Å². The summed E-state index contributed by atoms with van der Waals surface area (Å²) in [6, 6.07) is 6.11. The van der Waals surface area contributed by atoms with Gasteiger partial charge in [-0.25, -0.2) is 28.5 Å². The van der Waals surface area contributed by atoms with Gasteiger partial charge in [0.1, 0.15) is 29.1 Å². The lowest BCUT2D eigenvalue weighted by molar-refractivity contribution is 0.0492. The highest BCUT2D eigenvalue weighted by atomic mass is 19.1. The molecule has 10 heteroatoms. The van der Waals surface area contributed by atoms with Crippen LogP contribution in [0.2, 0.25) is 0 Å². The fraction of sp³-hybridized carbons (Fsp3) is 0.440. The Morgan fingerprint density at radius 1 is 1.14 bits per heavy atom. The number of alkyl halides is 1. The summed E-state index contributed by atoms with van der Waals surface area (Å²) in [6.45, 7) is 4.75. The maximum Gasteiger partial charge on any atom is 0.407 e. The molecule has 1 saturated carbocycles. The molecule has 3 aromatic rings. The monoisotopic (exact) mass is 484 g/mol. The molecule has 1 amide bonds. The van der Waals surface area contributed by atoms with Crippen molar-refractivity contribution < 1.29 is 18.3 Å². The predicted molar refractivity (Wildman–Crippen MR) is 131 cm³/mol. The average Bonchev–Trinajstić information content (AvgIpc) is 2.80. The Morgan fingerprint density at radius 3 is 2.51 bits per heavy atom. The highest BCUT2D eigenvalue weighted by molar-refractivity contribution is 5.82. The van der Waals surface area contributed by atoms with Crippen LogP contribution in [0.3, 0.4) is 0 Å². The highest BCUT2D eigenvalue weighted by Crippen LogP contribution is 2.28. The zero-order chi connectivity index (χ0) is 25.2. The van der Waals surface area contributed by atoms with Crippen LogP contribution >= 0.6 is 0 Å². The molecular weight excluding hydrogens is 454 g/mol. The molecule has 1 fully saturated rings. The van der Waals surface area contributed by atoms with Gasteiger partial charge in [-0.05, 0) is 64.7 Å². The van der Waals surface area contributed by atoms with E-state index in [-0.39, 0.29) is 17.8 Å². The second-order valence-corrected chi connectivity index (χ2v) is 9.80. The number of hydrogen-bond donors (Lipinski definition) is 3. The molecule has 35 heavy (non-hydrogen) atoms. The van der Waals surface area contributed by atoms with Crippen LogP contribution in [0, 0.1) is 5.82 Å². The molecule has 0 spiro atoms. The number of amides is 1. The Kier molecular flexibility index (Phi) is 7.00. The minimum absolute atomic E-state index is 0.0361. The summed E-state index contributed by atoms with van der Waals surface area (Å²) < 4.78 is 33.1. The van der Waals surface area contributed by atoms with Crippen LogP contribution in [0.15, 0.2) is 30.5 Å². The molecular formula is C25H30F2N6O2. The third-order valence-electron chi connectivity index (χ3n) is 5.85. The van der Waals surface area contributed by atoms with Crippen molar-refractivity contribution in [3.63, 3.8) is 0 Å². The molecule has 1 aliphatic rings. The van der Waals surface area contributed by atoms with Gasteiger partial charge in [-0.2, -0.15) is 0 Å². The summed E-state index contributed by atoms with van der Waals surface area (Å²) in [4.78, 5) is 25.4. The normalized spacial score (nSPS) is 18.3. The number of carbonyl (C=O) groups is 1. The van der Waals surface area contributed by atoms with Crippen LogP contribution in [-0.2, 0) is 11.4 Å². The Morgan fingerprint density at radius 2 is 1.86 bits per heavy atom. The van der Waals surface area contributed by atoms with Crippen molar-refractivity contribution in [2.24, 2.45) is 0 Å². The smallest absolute Gasteiger partial charge is 0.407 e. The van der Waals surface area contributed by atoms with E-state index < -0.39 is 24.2 Å². The van der Waals surface area contributed by atoms with Gasteiger partial charge in [0, 0.05) is 23.2 Å². The van der Waals surface area contributed by atoms with Gasteiger partial charge in [-0.3, -0.25) is 0 Å². The highest BCUT2D eigenvalue weighted by Gasteiger charge is 2.25. The fourth-order valence-electron chi connectivity index (χ4n) is 4.13. The molecule has 0 saturated heterocycles. The van der Waals surface area contributed by atoms with E-state index in [1.807, 2.05) is 20.8 Å². The molecule has 2 aromatic heterocycles. The second-order valence-electron chi connectivity index (χ2n) is 9.80. The van der Waals surface area contributed by atoms with E-state index in [1.165, 1.54) is 18.3 Å². The number of halogens is 2. The van der Waals surface area contributed by atoms with Gasteiger partial charge < -0.3 is 21.1 Å². The molecule has 0 radical (unpaired) electrons. The van der Waals surface area contributed by atoms with Crippen molar-refractivity contribution in [1.82, 2.24) is 20.3 Å². The lowest BCUT2D eigenvalue weighted by Gasteiger charge is -2.30.